The molecular formula is C10H17NO3S. The van der Waals surface area contributed by atoms with E-state index in [4.69, 9.17) is 4.74 Å². The summed E-state index contributed by atoms with van der Waals surface area (Å²) in [5.74, 6) is 1.62. The molecule has 0 saturated carbocycles. The zero-order valence-electron chi connectivity index (χ0n) is 9.19. The van der Waals surface area contributed by atoms with Crippen LogP contribution < -0.4 is 0 Å². The maximum Gasteiger partial charge on any atom is 0.416 e. The molecular weight excluding hydrogens is 214 g/mol. The van der Waals surface area contributed by atoms with E-state index < -0.39 is 6.09 Å². The molecule has 4 nitrogen and oxygen atoms in total. The number of nitrogens with zero attached hydrogens (tertiary/aromatic N) is 1. The predicted octanol–water partition coefficient (Wildman–Crippen LogP) is 1.74. The third kappa shape index (κ3) is 3.41. The molecule has 0 aliphatic carbocycles. The van der Waals surface area contributed by atoms with Crippen molar-refractivity contribution in [2.24, 2.45) is 5.92 Å². The SMILES string of the molecule is CCCSC[C@@H](C)C(=O)N1CCOC1=O. The van der Waals surface area contributed by atoms with Crippen molar-refractivity contribution in [1.82, 2.24) is 4.90 Å². The number of thioether (sulfide) groups is 1. The summed E-state index contributed by atoms with van der Waals surface area (Å²) in [6.07, 6.45) is 0.615. The summed E-state index contributed by atoms with van der Waals surface area (Å²) in [6, 6.07) is 0. The van der Waals surface area contributed by atoms with Gasteiger partial charge in [0.2, 0.25) is 5.91 Å². The van der Waals surface area contributed by atoms with Gasteiger partial charge < -0.3 is 4.74 Å². The highest BCUT2D eigenvalue weighted by atomic mass is 32.2. The summed E-state index contributed by atoms with van der Waals surface area (Å²) in [5, 5.41) is 0. The van der Waals surface area contributed by atoms with Crippen LogP contribution in [-0.2, 0) is 9.53 Å². The minimum atomic E-state index is -0.493. The third-order valence-electron chi connectivity index (χ3n) is 2.16. The fraction of sp³-hybridized carbons (Fsp3) is 0.800. The number of imide groups is 1. The van der Waals surface area contributed by atoms with Crippen molar-refractivity contribution in [1.29, 1.82) is 0 Å². The second-order valence-electron chi connectivity index (χ2n) is 3.58. The zero-order valence-corrected chi connectivity index (χ0v) is 10.0. The van der Waals surface area contributed by atoms with Gasteiger partial charge in [0.25, 0.3) is 0 Å². The van der Waals surface area contributed by atoms with Gasteiger partial charge in [0.15, 0.2) is 0 Å². The summed E-state index contributed by atoms with van der Waals surface area (Å²) in [7, 11) is 0. The summed E-state index contributed by atoms with van der Waals surface area (Å²) in [4.78, 5) is 24.1. The summed E-state index contributed by atoms with van der Waals surface area (Å²) in [5.41, 5.74) is 0. The van der Waals surface area contributed by atoms with Gasteiger partial charge in [-0.3, -0.25) is 4.79 Å². The van der Waals surface area contributed by atoms with Gasteiger partial charge in [-0.1, -0.05) is 13.8 Å². The minimum Gasteiger partial charge on any atom is -0.447 e. The van der Waals surface area contributed by atoms with Crippen molar-refractivity contribution in [2.45, 2.75) is 20.3 Å². The van der Waals surface area contributed by atoms with Crippen LogP contribution in [-0.4, -0.2) is 41.6 Å². The lowest BCUT2D eigenvalue weighted by Gasteiger charge is -2.16. The van der Waals surface area contributed by atoms with Gasteiger partial charge in [0.05, 0.1) is 6.54 Å². The number of carbonyl (C=O) groups is 2. The second kappa shape index (κ2) is 6.00. The molecule has 1 aliphatic rings. The molecule has 0 aromatic carbocycles. The second-order valence-corrected chi connectivity index (χ2v) is 4.73. The first-order valence-electron chi connectivity index (χ1n) is 5.22. The number of amides is 2. The van der Waals surface area contributed by atoms with Gasteiger partial charge >= 0.3 is 6.09 Å². The first-order valence-corrected chi connectivity index (χ1v) is 6.38. The minimum absolute atomic E-state index is 0.104. The molecule has 0 aromatic rings. The molecule has 0 radical (unpaired) electrons. The van der Waals surface area contributed by atoms with Gasteiger partial charge in [0, 0.05) is 11.7 Å². The highest BCUT2D eigenvalue weighted by molar-refractivity contribution is 7.99. The maximum atomic E-state index is 11.8. The number of cyclic esters (lactones) is 1. The lowest BCUT2D eigenvalue weighted by molar-refractivity contribution is -0.130. The molecule has 0 unspecified atom stereocenters. The monoisotopic (exact) mass is 231 g/mol. The Bertz CT molecular complexity index is 245. The molecule has 5 heteroatoms. The van der Waals surface area contributed by atoms with Gasteiger partial charge in [-0.05, 0) is 12.2 Å². The predicted molar refractivity (Wildman–Crippen MR) is 59.8 cm³/mol. The van der Waals surface area contributed by atoms with Gasteiger partial charge in [0.1, 0.15) is 6.61 Å². The van der Waals surface area contributed by atoms with Crippen LogP contribution in [0.1, 0.15) is 20.3 Å². The van der Waals surface area contributed by atoms with Gasteiger partial charge in [-0.15, -0.1) is 0 Å². The van der Waals surface area contributed by atoms with Crippen LogP contribution in [0.3, 0.4) is 0 Å². The molecule has 15 heavy (non-hydrogen) atoms. The smallest absolute Gasteiger partial charge is 0.416 e. The van der Waals surface area contributed by atoms with E-state index in [-0.39, 0.29) is 11.8 Å². The number of ether oxygens (including phenoxy) is 1. The molecule has 0 bridgehead atoms. The van der Waals surface area contributed by atoms with Crippen molar-refractivity contribution in [3.63, 3.8) is 0 Å². The quantitative estimate of drug-likeness (QED) is 0.676. The fourth-order valence-corrected chi connectivity index (χ4v) is 2.29. The highest BCUT2D eigenvalue weighted by Crippen LogP contribution is 2.14. The third-order valence-corrected chi connectivity index (χ3v) is 3.60. The topological polar surface area (TPSA) is 46.6 Å². The Labute approximate surface area is 94.3 Å². The first kappa shape index (κ1) is 12.4. The van der Waals surface area contributed by atoms with E-state index in [1.807, 2.05) is 6.92 Å². The molecule has 0 aromatic heterocycles. The van der Waals surface area contributed by atoms with Crippen molar-refractivity contribution < 1.29 is 14.3 Å². The van der Waals surface area contributed by atoms with Crippen molar-refractivity contribution in [2.75, 3.05) is 24.7 Å². The van der Waals surface area contributed by atoms with Crippen molar-refractivity contribution in [3.05, 3.63) is 0 Å². The normalized spacial score (nSPS) is 17.7. The van der Waals surface area contributed by atoms with Crippen molar-refractivity contribution >= 4 is 23.8 Å². The van der Waals surface area contributed by atoms with Gasteiger partial charge in [-0.2, -0.15) is 11.8 Å². The van der Waals surface area contributed by atoms with E-state index in [2.05, 4.69) is 6.92 Å². The summed E-state index contributed by atoms with van der Waals surface area (Å²) >= 11 is 1.75. The van der Waals surface area contributed by atoms with Crippen LogP contribution in [0, 0.1) is 5.92 Å². The molecule has 2 amide bonds. The highest BCUT2D eigenvalue weighted by Gasteiger charge is 2.31. The number of carbonyl (C=O) groups excluding carboxylic acids is 2. The summed E-state index contributed by atoms with van der Waals surface area (Å²) in [6.45, 7) is 4.70. The standard InChI is InChI=1S/C10H17NO3S/c1-3-6-15-7-8(2)9(12)11-4-5-14-10(11)13/h8H,3-7H2,1-2H3/t8-/m1/s1. The molecule has 1 fully saturated rings. The van der Waals surface area contributed by atoms with Crippen molar-refractivity contribution in [3.8, 4) is 0 Å². The lowest BCUT2D eigenvalue weighted by atomic mass is 10.2. The Morgan fingerprint density at radius 2 is 2.40 bits per heavy atom. The van der Waals surface area contributed by atoms with Gasteiger partial charge in [-0.25, -0.2) is 9.69 Å². The molecule has 1 rings (SSSR count). The lowest BCUT2D eigenvalue weighted by Crippen LogP contribution is -2.36. The Kier molecular flexibility index (Phi) is 4.94. The first-order chi connectivity index (χ1) is 7.16. The molecule has 0 N–H and O–H groups in total. The van der Waals surface area contributed by atoms with E-state index >= 15 is 0 Å². The van der Waals surface area contributed by atoms with E-state index in [1.54, 1.807) is 11.8 Å². The number of rotatable bonds is 5. The Morgan fingerprint density at radius 3 is 2.93 bits per heavy atom. The molecule has 1 atom stereocenters. The number of hydrogen-bond acceptors (Lipinski definition) is 4. The van der Waals surface area contributed by atoms with Crippen LogP contribution in [0.4, 0.5) is 4.79 Å². The number of hydrogen-bond donors (Lipinski definition) is 0. The Morgan fingerprint density at radius 1 is 1.67 bits per heavy atom. The molecule has 1 aliphatic heterocycles. The van der Waals surface area contributed by atoms with Crippen LogP contribution >= 0.6 is 11.8 Å². The van der Waals surface area contributed by atoms with E-state index in [0.29, 0.717) is 13.2 Å². The Balaban J connectivity index is 2.35. The van der Waals surface area contributed by atoms with Crippen LogP contribution in [0.25, 0.3) is 0 Å². The molecule has 1 saturated heterocycles. The summed E-state index contributed by atoms with van der Waals surface area (Å²) < 4.78 is 4.72. The molecule has 1 heterocycles. The molecule has 0 spiro atoms. The van der Waals surface area contributed by atoms with E-state index in [1.165, 1.54) is 4.90 Å². The average molecular weight is 231 g/mol. The van der Waals surface area contributed by atoms with Crippen LogP contribution in [0.2, 0.25) is 0 Å². The van der Waals surface area contributed by atoms with Crippen LogP contribution in [0.15, 0.2) is 0 Å². The van der Waals surface area contributed by atoms with Crippen LogP contribution in [0.5, 0.6) is 0 Å². The van der Waals surface area contributed by atoms with E-state index in [9.17, 15) is 9.59 Å². The largest absolute Gasteiger partial charge is 0.447 e. The Hall–Kier alpha value is -0.710. The molecule has 86 valence electrons. The average Bonchev–Trinajstić information content (AvgIpc) is 2.63. The zero-order chi connectivity index (χ0) is 11.3. The maximum absolute atomic E-state index is 11.8. The fourth-order valence-electron chi connectivity index (χ4n) is 1.34. The van der Waals surface area contributed by atoms with E-state index in [0.717, 1.165) is 17.9 Å².